The molecule has 2 rings (SSSR count). The number of guanidine groups is 1. The molecule has 146 valence electrons. The zero-order valence-electron chi connectivity index (χ0n) is 15.9. The molecule has 0 aromatic heterocycles. The van der Waals surface area contributed by atoms with Crippen molar-refractivity contribution in [2.75, 3.05) is 60.0 Å². The van der Waals surface area contributed by atoms with Crippen LogP contribution in [0.4, 0.5) is 4.79 Å². The second-order valence-electron chi connectivity index (χ2n) is 6.57. The van der Waals surface area contributed by atoms with Crippen LogP contribution in [0.3, 0.4) is 0 Å². The molecule has 2 aliphatic rings. The Bertz CT molecular complexity index is 421. The molecule has 0 atom stereocenters. The maximum atomic E-state index is 11.8. The monoisotopic (exact) mass is 467 g/mol. The molecule has 0 radical (unpaired) electrons. The van der Waals surface area contributed by atoms with Gasteiger partial charge in [-0.1, -0.05) is 12.8 Å². The van der Waals surface area contributed by atoms with E-state index in [9.17, 15) is 4.79 Å². The Morgan fingerprint density at radius 2 is 1.80 bits per heavy atom. The molecule has 0 aromatic rings. The lowest BCUT2D eigenvalue weighted by atomic mass is 10.2. The number of carbonyl (C=O) groups is 1. The summed E-state index contributed by atoms with van der Waals surface area (Å²) in [6.07, 6.45) is 5.20. The van der Waals surface area contributed by atoms with Crippen LogP contribution in [0.25, 0.3) is 0 Å². The van der Waals surface area contributed by atoms with E-state index in [1.807, 2.05) is 14.0 Å². The molecule has 8 heteroatoms. The minimum Gasteiger partial charge on any atom is -0.450 e. The number of nitrogens with zero attached hydrogens (tertiary/aromatic N) is 4. The fourth-order valence-corrected chi connectivity index (χ4v) is 3.52. The van der Waals surface area contributed by atoms with Crippen LogP contribution >= 0.6 is 24.0 Å². The van der Waals surface area contributed by atoms with Crippen molar-refractivity contribution >= 4 is 36.0 Å². The molecule has 1 heterocycles. The maximum absolute atomic E-state index is 11.8. The molecule has 0 bridgehead atoms. The van der Waals surface area contributed by atoms with Gasteiger partial charge in [0, 0.05) is 52.4 Å². The van der Waals surface area contributed by atoms with E-state index in [1.54, 1.807) is 4.90 Å². The summed E-state index contributed by atoms with van der Waals surface area (Å²) in [5.74, 6) is 0.929. The van der Waals surface area contributed by atoms with Gasteiger partial charge in [-0.2, -0.15) is 0 Å². The zero-order chi connectivity index (χ0) is 17.4. The van der Waals surface area contributed by atoms with Crippen molar-refractivity contribution in [2.24, 2.45) is 4.99 Å². The fraction of sp³-hybridized carbons (Fsp3) is 0.882. The van der Waals surface area contributed by atoms with Gasteiger partial charge in [-0.05, 0) is 26.8 Å². The van der Waals surface area contributed by atoms with Gasteiger partial charge in [0.2, 0.25) is 0 Å². The maximum Gasteiger partial charge on any atom is 0.409 e. The number of amides is 1. The van der Waals surface area contributed by atoms with Crippen LogP contribution in [0.15, 0.2) is 4.99 Å². The van der Waals surface area contributed by atoms with E-state index in [0.717, 1.165) is 38.2 Å². The Morgan fingerprint density at radius 3 is 2.36 bits per heavy atom. The second kappa shape index (κ2) is 11.8. The number of likely N-dealkylation sites (N-methyl/N-ethyl adjacent to an activating group) is 1. The van der Waals surface area contributed by atoms with E-state index >= 15 is 0 Å². The Hall–Kier alpha value is -0.770. The third kappa shape index (κ3) is 6.80. The summed E-state index contributed by atoms with van der Waals surface area (Å²) >= 11 is 0. The Morgan fingerprint density at radius 1 is 1.20 bits per heavy atom. The number of rotatable bonds is 5. The number of halogens is 1. The second-order valence-corrected chi connectivity index (χ2v) is 6.57. The SMILES string of the molecule is CCOC(=O)N1CCN(C(=NC)NCCN(C)C2CCCC2)CC1.I. The van der Waals surface area contributed by atoms with Crippen LogP contribution in [-0.4, -0.2) is 92.8 Å². The molecule has 1 saturated carbocycles. The molecule has 1 aliphatic carbocycles. The first-order valence-electron chi connectivity index (χ1n) is 9.23. The molecule has 1 aliphatic heterocycles. The quantitative estimate of drug-likeness (QED) is 0.380. The number of carbonyl (C=O) groups excluding carboxylic acids is 1. The Kier molecular flexibility index (Phi) is 10.5. The number of ether oxygens (including phenoxy) is 1. The molecule has 0 unspecified atom stereocenters. The number of hydrogen-bond donors (Lipinski definition) is 1. The van der Waals surface area contributed by atoms with Crippen molar-refractivity contribution in [3.8, 4) is 0 Å². The lowest BCUT2D eigenvalue weighted by molar-refractivity contribution is 0.0914. The van der Waals surface area contributed by atoms with Gasteiger partial charge in [0.25, 0.3) is 0 Å². The van der Waals surface area contributed by atoms with Crippen LogP contribution in [0.5, 0.6) is 0 Å². The lowest BCUT2D eigenvalue weighted by Crippen LogP contribution is -2.54. The van der Waals surface area contributed by atoms with Crippen molar-refractivity contribution < 1.29 is 9.53 Å². The standard InChI is InChI=1S/C17H33N5O2.HI/c1-4-24-17(23)22-13-11-21(12-14-22)16(18-2)19-9-10-20(3)15-7-5-6-8-15;/h15H,4-14H2,1-3H3,(H,18,19);1H. The normalized spacial score (nSPS) is 19.1. The highest BCUT2D eigenvalue weighted by molar-refractivity contribution is 14.0. The van der Waals surface area contributed by atoms with Crippen molar-refractivity contribution in [2.45, 2.75) is 38.6 Å². The highest BCUT2D eigenvalue weighted by Gasteiger charge is 2.24. The first kappa shape index (κ1) is 22.3. The van der Waals surface area contributed by atoms with Crippen LogP contribution in [0.2, 0.25) is 0 Å². The average Bonchev–Trinajstić information content (AvgIpc) is 3.14. The predicted octanol–water partition coefficient (Wildman–Crippen LogP) is 1.83. The molecule has 1 amide bonds. The van der Waals surface area contributed by atoms with Gasteiger partial charge in [0.15, 0.2) is 5.96 Å². The van der Waals surface area contributed by atoms with Crippen LogP contribution in [0, 0.1) is 0 Å². The summed E-state index contributed by atoms with van der Waals surface area (Å²) in [5.41, 5.74) is 0. The summed E-state index contributed by atoms with van der Waals surface area (Å²) in [6.45, 7) is 7.14. The van der Waals surface area contributed by atoms with Crippen molar-refractivity contribution in [1.82, 2.24) is 20.0 Å². The van der Waals surface area contributed by atoms with Crippen LogP contribution in [-0.2, 0) is 4.74 Å². The first-order valence-corrected chi connectivity index (χ1v) is 9.23. The van der Waals surface area contributed by atoms with E-state index in [-0.39, 0.29) is 30.1 Å². The lowest BCUT2D eigenvalue weighted by Gasteiger charge is -2.36. The minimum absolute atomic E-state index is 0. The summed E-state index contributed by atoms with van der Waals surface area (Å²) < 4.78 is 5.06. The van der Waals surface area contributed by atoms with Gasteiger partial charge in [-0.15, -0.1) is 24.0 Å². The zero-order valence-corrected chi connectivity index (χ0v) is 18.2. The molecular formula is C17H34IN5O2. The van der Waals surface area contributed by atoms with Crippen molar-refractivity contribution in [1.29, 1.82) is 0 Å². The van der Waals surface area contributed by atoms with Crippen molar-refractivity contribution in [3.05, 3.63) is 0 Å². The molecule has 0 aromatic carbocycles. The summed E-state index contributed by atoms with van der Waals surface area (Å²) in [7, 11) is 4.04. The first-order chi connectivity index (χ1) is 11.7. The molecule has 1 saturated heterocycles. The Labute approximate surface area is 169 Å². The summed E-state index contributed by atoms with van der Waals surface area (Å²) in [4.78, 5) is 22.6. The smallest absolute Gasteiger partial charge is 0.409 e. The van der Waals surface area contributed by atoms with Crippen molar-refractivity contribution in [3.63, 3.8) is 0 Å². The molecule has 0 spiro atoms. The van der Waals surface area contributed by atoms with E-state index in [2.05, 4.69) is 27.2 Å². The van der Waals surface area contributed by atoms with E-state index in [0.29, 0.717) is 19.7 Å². The van der Waals surface area contributed by atoms with Crippen LogP contribution in [0.1, 0.15) is 32.6 Å². The van der Waals surface area contributed by atoms with Gasteiger partial charge in [-0.25, -0.2) is 4.79 Å². The van der Waals surface area contributed by atoms with Gasteiger partial charge < -0.3 is 24.8 Å². The third-order valence-electron chi connectivity index (χ3n) is 5.01. The Balaban J connectivity index is 0.00000312. The highest BCUT2D eigenvalue weighted by Crippen LogP contribution is 2.21. The van der Waals surface area contributed by atoms with Crippen LogP contribution < -0.4 is 5.32 Å². The number of hydrogen-bond acceptors (Lipinski definition) is 4. The van der Waals surface area contributed by atoms with Gasteiger partial charge >= 0.3 is 6.09 Å². The fourth-order valence-electron chi connectivity index (χ4n) is 3.52. The molecular weight excluding hydrogens is 433 g/mol. The molecule has 25 heavy (non-hydrogen) atoms. The summed E-state index contributed by atoms with van der Waals surface area (Å²) in [5, 5.41) is 3.46. The topological polar surface area (TPSA) is 60.4 Å². The largest absolute Gasteiger partial charge is 0.450 e. The number of aliphatic imine (C=N–C) groups is 1. The number of nitrogens with one attached hydrogen (secondary N) is 1. The van der Waals surface area contributed by atoms with E-state index < -0.39 is 0 Å². The summed E-state index contributed by atoms with van der Waals surface area (Å²) in [6, 6.07) is 0.752. The highest BCUT2D eigenvalue weighted by atomic mass is 127. The van der Waals surface area contributed by atoms with E-state index in [4.69, 9.17) is 4.74 Å². The molecule has 7 nitrogen and oxygen atoms in total. The predicted molar refractivity (Wildman–Crippen MR) is 112 cm³/mol. The minimum atomic E-state index is -0.210. The average molecular weight is 467 g/mol. The third-order valence-corrected chi connectivity index (χ3v) is 5.01. The molecule has 1 N–H and O–H groups in total. The van der Waals surface area contributed by atoms with E-state index in [1.165, 1.54) is 25.7 Å². The molecule has 2 fully saturated rings. The van der Waals surface area contributed by atoms with Gasteiger partial charge in [0.1, 0.15) is 0 Å². The number of piperazine rings is 1. The van der Waals surface area contributed by atoms with Gasteiger partial charge in [0.05, 0.1) is 6.61 Å². The van der Waals surface area contributed by atoms with Gasteiger partial charge in [-0.3, -0.25) is 4.99 Å².